The molecular formula is C43H71O9P. The van der Waals surface area contributed by atoms with Crippen LogP contribution in [0, 0.1) is 0 Å². The van der Waals surface area contributed by atoms with E-state index in [9.17, 15) is 14.2 Å². The molecule has 302 valence electrons. The van der Waals surface area contributed by atoms with Crippen molar-refractivity contribution in [3.8, 4) is 0 Å². The van der Waals surface area contributed by atoms with Crippen LogP contribution in [0.1, 0.15) is 148 Å². The summed E-state index contributed by atoms with van der Waals surface area (Å²) in [5.41, 5.74) is 0. The molecule has 0 radical (unpaired) electrons. The molecule has 0 aromatic carbocycles. The molecule has 0 aromatic rings. The van der Waals surface area contributed by atoms with Gasteiger partial charge in [0.1, 0.15) is 6.61 Å². The lowest BCUT2D eigenvalue weighted by atomic mass is 10.1. The molecule has 0 unspecified atom stereocenters. The topological polar surface area (TPSA) is 140 Å². The Hall–Kier alpha value is -2.81. The van der Waals surface area contributed by atoms with Gasteiger partial charge in [-0.25, -0.2) is 4.57 Å². The van der Waals surface area contributed by atoms with Crippen LogP contribution in [-0.2, 0) is 28.2 Å². The summed E-state index contributed by atoms with van der Waals surface area (Å²) in [6, 6.07) is 0. The first-order valence-corrected chi connectivity index (χ1v) is 21.5. The Balaban J connectivity index is 4.14. The first kappa shape index (κ1) is 50.2. The summed E-state index contributed by atoms with van der Waals surface area (Å²) < 4.78 is 26.2. The first-order valence-electron chi connectivity index (χ1n) is 20.0. The Morgan fingerprint density at radius 3 is 1.38 bits per heavy atom. The number of ether oxygens (including phenoxy) is 2. The third-order valence-corrected chi connectivity index (χ3v) is 8.43. The molecule has 0 saturated heterocycles. The smallest absolute Gasteiger partial charge is 0.462 e. The van der Waals surface area contributed by atoms with Crippen molar-refractivity contribution in [2.24, 2.45) is 0 Å². The number of phosphoric acid groups is 1. The molecule has 0 aliphatic rings. The van der Waals surface area contributed by atoms with Crippen molar-refractivity contribution in [1.29, 1.82) is 0 Å². The van der Waals surface area contributed by atoms with Crippen LogP contribution in [0.2, 0.25) is 0 Å². The summed E-state index contributed by atoms with van der Waals surface area (Å²) in [5, 5.41) is 8.77. The zero-order valence-corrected chi connectivity index (χ0v) is 33.5. The number of esters is 2. The number of carbonyl (C=O) groups is 2. The zero-order chi connectivity index (χ0) is 38.9. The Labute approximate surface area is 321 Å². The Kier molecular flexibility index (Phi) is 36.8. The second kappa shape index (κ2) is 38.9. The molecule has 9 nitrogen and oxygen atoms in total. The number of rotatable bonds is 36. The number of phosphoric ester groups is 1. The molecule has 0 aliphatic heterocycles. The van der Waals surface area contributed by atoms with Gasteiger partial charge in [-0.15, -0.1) is 0 Å². The van der Waals surface area contributed by atoms with Crippen LogP contribution in [0.5, 0.6) is 0 Å². The molecule has 53 heavy (non-hydrogen) atoms. The molecule has 10 heteroatoms. The maximum atomic E-state index is 12.4. The highest BCUT2D eigenvalue weighted by atomic mass is 31.2. The third-order valence-electron chi connectivity index (χ3n) is 7.94. The molecule has 3 N–H and O–H groups in total. The number of aliphatic hydroxyl groups is 1. The van der Waals surface area contributed by atoms with Crippen LogP contribution in [0.15, 0.2) is 85.1 Å². The third kappa shape index (κ3) is 41.8. The number of unbranched alkanes of at least 4 members (excludes halogenated alkanes) is 11. The van der Waals surface area contributed by atoms with Gasteiger partial charge in [0.05, 0.1) is 6.61 Å². The van der Waals surface area contributed by atoms with E-state index >= 15 is 0 Å². The SMILES string of the molecule is CCCCCCCC/C=C\C/C=C\C/C=C\CCCC(=O)O[C@H](COC(=O)CCC/C=C\C/C=C\C/C=C\C/C=C\CCCCCO)COP(=O)(O)O. The van der Waals surface area contributed by atoms with E-state index in [-0.39, 0.29) is 26.1 Å². The van der Waals surface area contributed by atoms with Gasteiger partial charge in [0.25, 0.3) is 0 Å². The number of carbonyl (C=O) groups excluding carboxylic acids is 2. The average Bonchev–Trinajstić information content (AvgIpc) is 3.13. The maximum Gasteiger partial charge on any atom is 0.469 e. The van der Waals surface area contributed by atoms with Gasteiger partial charge in [0, 0.05) is 19.4 Å². The van der Waals surface area contributed by atoms with Gasteiger partial charge in [-0.2, -0.15) is 0 Å². The summed E-state index contributed by atoms with van der Waals surface area (Å²) in [6.07, 6.45) is 49.0. The highest BCUT2D eigenvalue weighted by molar-refractivity contribution is 7.46. The van der Waals surface area contributed by atoms with Gasteiger partial charge in [-0.05, 0) is 89.9 Å². The molecule has 0 amide bonds. The molecule has 0 saturated carbocycles. The number of hydrogen-bond acceptors (Lipinski definition) is 7. The second-order valence-corrected chi connectivity index (χ2v) is 14.2. The van der Waals surface area contributed by atoms with Gasteiger partial charge < -0.3 is 24.4 Å². The Morgan fingerprint density at radius 1 is 0.528 bits per heavy atom. The highest BCUT2D eigenvalue weighted by Crippen LogP contribution is 2.35. The predicted molar refractivity (Wildman–Crippen MR) is 217 cm³/mol. The predicted octanol–water partition coefficient (Wildman–Crippen LogP) is 11.0. The Morgan fingerprint density at radius 2 is 0.925 bits per heavy atom. The minimum atomic E-state index is -4.79. The van der Waals surface area contributed by atoms with E-state index in [2.05, 4.69) is 78.3 Å². The monoisotopic (exact) mass is 762 g/mol. The molecule has 1 atom stereocenters. The quantitative estimate of drug-likeness (QED) is 0.0246. The maximum absolute atomic E-state index is 12.4. The zero-order valence-electron chi connectivity index (χ0n) is 32.6. The molecule has 0 rings (SSSR count). The van der Waals surface area contributed by atoms with Crippen molar-refractivity contribution in [3.05, 3.63) is 85.1 Å². The number of hydrogen-bond donors (Lipinski definition) is 3. The summed E-state index contributed by atoms with van der Waals surface area (Å²) in [7, 11) is -4.79. The van der Waals surface area contributed by atoms with Crippen molar-refractivity contribution in [3.63, 3.8) is 0 Å². The summed E-state index contributed by atoms with van der Waals surface area (Å²) in [6.45, 7) is 1.58. The fourth-order valence-corrected chi connectivity index (χ4v) is 5.31. The number of allylic oxidation sites excluding steroid dienone is 14. The van der Waals surface area contributed by atoms with E-state index in [1.165, 1.54) is 38.5 Å². The minimum absolute atomic E-state index is 0.119. The van der Waals surface area contributed by atoms with E-state index < -0.39 is 32.5 Å². The lowest BCUT2D eigenvalue weighted by Crippen LogP contribution is -2.29. The summed E-state index contributed by atoms with van der Waals surface area (Å²) >= 11 is 0. The van der Waals surface area contributed by atoms with Crippen LogP contribution in [0.25, 0.3) is 0 Å². The van der Waals surface area contributed by atoms with Gasteiger partial charge in [-0.1, -0.05) is 131 Å². The molecule has 0 heterocycles. The average molecular weight is 763 g/mol. The van der Waals surface area contributed by atoms with Gasteiger partial charge in [0.15, 0.2) is 6.10 Å². The lowest BCUT2D eigenvalue weighted by molar-refractivity contribution is -0.161. The van der Waals surface area contributed by atoms with Crippen LogP contribution in [0.3, 0.4) is 0 Å². The standard InChI is InChI=1S/C43H71O9P/c1-2-3-4-5-6-7-8-9-10-12-16-19-22-25-28-31-34-37-43(46)52-41(40-51-53(47,48)49)39-50-42(45)36-33-30-27-24-21-18-15-13-11-14-17-20-23-26-29-32-35-38-44/h9-11,14-16,18-20,23-25,27-28,41,44H,2-8,12-13,17,21-22,26,29-40H2,1H3,(H2,47,48,49)/b10-9-,14-11-,18-15-,19-16-,23-20-,27-24-,28-25-/t41-/m1/s1. The van der Waals surface area contributed by atoms with Gasteiger partial charge >= 0.3 is 19.8 Å². The van der Waals surface area contributed by atoms with E-state index in [1.54, 1.807) is 0 Å². The molecule has 0 fully saturated rings. The fraction of sp³-hybridized carbons (Fsp3) is 0.628. The van der Waals surface area contributed by atoms with Crippen LogP contribution in [0.4, 0.5) is 0 Å². The van der Waals surface area contributed by atoms with Crippen LogP contribution >= 0.6 is 7.82 Å². The van der Waals surface area contributed by atoms with E-state index in [1.807, 2.05) is 18.2 Å². The van der Waals surface area contributed by atoms with Crippen LogP contribution in [-0.4, -0.2) is 52.8 Å². The lowest BCUT2D eigenvalue weighted by Gasteiger charge is -2.18. The van der Waals surface area contributed by atoms with Crippen molar-refractivity contribution in [2.45, 2.75) is 154 Å². The normalized spacial score (nSPS) is 13.4. The minimum Gasteiger partial charge on any atom is -0.462 e. The van der Waals surface area contributed by atoms with Crippen molar-refractivity contribution < 1.29 is 43.0 Å². The fourth-order valence-electron chi connectivity index (χ4n) is 4.95. The summed E-state index contributed by atoms with van der Waals surface area (Å²) in [4.78, 5) is 42.7. The van der Waals surface area contributed by atoms with Crippen molar-refractivity contribution in [2.75, 3.05) is 19.8 Å². The van der Waals surface area contributed by atoms with Crippen LogP contribution < -0.4 is 0 Å². The van der Waals surface area contributed by atoms with Gasteiger partial charge in [-0.3, -0.25) is 14.1 Å². The summed E-state index contributed by atoms with van der Waals surface area (Å²) in [5.74, 6) is -1.03. The van der Waals surface area contributed by atoms with Crippen molar-refractivity contribution in [1.82, 2.24) is 0 Å². The largest absolute Gasteiger partial charge is 0.469 e. The van der Waals surface area contributed by atoms with E-state index in [0.717, 1.165) is 64.2 Å². The van der Waals surface area contributed by atoms with Gasteiger partial charge in [0.2, 0.25) is 0 Å². The first-order chi connectivity index (χ1) is 25.8. The molecule has 0 spiro atoms. The molecule has 0 aliphatic carbocycles. The number of aliphatic hydroxyl groups excluding tert-OH is 1. The molecule has 0 bridgehead atoms. The molecular weight excluding hydrogens is 691 g/mol. The molecule has 0 aromatic heterocycles. The highest BCUT2D eigenvalue weighted by Gasteiger charge is 2.22. The van der Waals surface area contributed by atoms with Crippen molar-refractivity contribution >= 4 is 19.8 Å². The second-order valence-electron chi connectivity index (χ2n) is 13.0. The van der Waals surface area contributed by atoms with E-state index in [4.69, 9.17) is 24.4 Å². The van der Waals surface area contributed by atoms with E-state index in [0.29, 0.717) is 25.7 Å². The Bertz CT molecular complexity index is 1130.